The molecule has 124 valence electrons. The van der Waals surface area contributed by atoms with Crippen molar-refractivity contribution in [1.29, 1.82) is 0 Å². The molecule has 1 aromatic carbocycles. The summed E-state index contributed by atoms with van der Waals surface area (Å²) in [6, 6.07) is 0. The minimum absolute atomic E-state index is 0.126. The summed E-state index contributed by atoms with van der Waals surface area (Å²) in [6.07, 6.45) is 0.874. The Bertz CT molecular complexity index is 727. The van der Waals surface area contributed by atoms with Crippen molar-refractivity contribution in [3.63, 3.8) is 0 Å². The molecule has 0 heterocycles. The number of ether oxygens (including phenoxy) is 1. The molecule has 1 aromatic rings. The zero-order valence-corrected chi connectivity index (χ0v) is 15.2. The number of rotatable bonds is 5. The SMILES string of the molecule is CCOC1=C(CCCBr)C(=O)c2c(O)c(Cl)c(Cl)c(O)c2C1=O. The van der Waals surface area contributed by atoms with Crippen LogP contribution in [0.25, 0.3) is 0 Å². The zero-order valence-electron chi connectivity index (χ0n) is 12.1. The van der Waals surface area contributed by atoms with E-state index in [0.29, 0.717) is 11.8 Å². The number of fused-ring (bicyclic) bond motifs is 1. The number of phenolic OH excluding ortho intramolecular Hbond substituents is 2. The van der Waals surface area contributed by atoms with Crippen molar-refractivity contribution in [2.24, 2.45) is 0 Å². The number of allylic oxidation sites excluding steroid dienone is 2. The van der Waals surface area contributed by atoms with Crippen molar-refractivity contribution in [3.8, 4) is 11.5 Å². The van der Waals surface area contributed by atoms with Gasteiger partial charge in [0.15, 0.2) is 11.5 Å². The summed E-state index contributed by atoms with van der Waals surface area (Å²) in [7, 11) is 0. The number of carbonyl (C=O) groups is 2. The van der Waals surface area contributed by atoms with Gasteiger partial charge >= 0.3 is 0 Å². The van der Waals surface area contributed by atoms with Crippen LogP contribution in [0.5, 0.6) is 11.5 Å². The molecule has 0 aromatic heterocycles. The highest BCUT2D eigenvalue weighted by molar-refractivity contribution is 9.09. The van der Waals surface area contributed by atoms with Crippen LogP contribution in [-0.4, -0.2) is 33.7 Å². The number of benzene rings is 1. The second-order valence-electron chi connectivity index (χ2n) is 4.77. The molecule has 0 radical (unpaired) electrons. The molecule has 1 aliphatic rings. The van der Waals surface area contributed by atoms with E-state index in [1.807, 2.05) is 0 Å². The molecule has 0 amide bonds. The van der Waals surface area contributed by atoms with Gasteiger partial charge in [0.2, 0.25) is 5.78 Å². The van der Waals surface area contributed by atoms with Crippen molar-refractivity contribution in [1.82, 2.24) is 0 Å². The van der Waals surface area contributed by atoms with Gasteiger partial charge in [-0.25, -0.2) is 0 Å². The van der Waals surface area contributed by atoms with E-state index < -0.39 is 23.1 Å². The largest absolute Gasteiger partial charge is 0.506 e. The first-order chi connectivity index (χ1) is 10.9. The first-order valence-corrected chi connectivity index (χ1v) is 8.68. The smallest absolute Gasteiger partial charge is 0.232 e. The van der Waals surface area contributed by atoms with Gasteiger partial charge in [-0.3, -0.25) is 9.59 Å². The van der Waals surface area contributed by atoms with E-state index in [0.717, 1.165) is 0 Å². The summed E-state index contributed by atoms with van der Waals surface area (Å²) in [5.41, 5.74) is -0.570. The standard InChI is InChI=1S/C15H13BrCl2O5/c1-2-23-15-6(4-3-5-16)11(19)7-8(14(15)22)13(21)10(18)9(17)12(7)20/h20-21H,2-5H2,1H3. The summed E-state index contributed by atoms with van der Waals surface area (Å²) in [4.78, 5) is 25.4. The van der Waals surface area contributed by atoms with Crippen LogP contribution in [-0.2, 0) is 4.74 Å². The first-order valence-electron chi connectivity index (χ1n) is 6.80. The Morgan fingerprint density at radius 3 is 2.04 bits per heavy atom. The minimum atomic E-state index is -0.697. The maximum Gasteiger partial charge on any atom is 0.232 e. The van der Waals surface area contributed by atoms with Gasteiger partial charge in [0.05, 0.1) is 17.7 Å². The number of carbonyl (C=O) groups excluding carboxylic acids is 2. The van der Waals surface area contributed by atoms with Crippen LogP contribution < -0.4 is 0 Å². The van der Waals surface area contributed by atoms with Crippen molar-refractivity contribution in [2.45, 2.75) is 19.8 Å². The maximum absolute atomic E-state index is 12.7. The maximum atomic E-state index is 12.7. The third-order valence-corrected chi connectivity index (χ3v) is 4.78. The van der Waals surface area contributed by atoms with Gasteiger partial charge < -0.3 is 14.9 Å². The average molecular weight is 424 g/mol. The van der Waals surface area contributed by atoms with Crippen molar-refractivity contribution >= 4 is 50.7 Å². The highest BCUT2D eigenvalue weighted by atomic mass is 79.9. The number of halogens is 3. The molecule has 0 unspecified atom stereocenters. The summed E-state index contributed by atoms with van der Waals surface area (Å²) in [5, 5.41) is 20.1. The van der Waals surface area contributed by atoms with E-state index in [4.69, 9.17) is 27.9 Å². The number of ketones is 2. The second kappa shape index (κ2) is 7.11. The molecule has 0 saturated heterocycles. The number of hydrogen-bond donors (Lipinski definition) is 2. The van der Waals surface area contributed by atoms with E-state index in [2.05, 4.69) is 15.9 Å². The summed E-state index contributed by atoms with van der Waals surface area (Å²) < 4.78 is 5.32. The Balaban J connectivity index is 2.74. The molecular weight excluding hydrogens is 411 g/mol. The van der Waals surface area contributed by atoms with Gasteiger partial charge in [0.25, 0.3) is 0 Å². The minimum Gasteiger partial charge on any atom is -0.506 e. The number of aromatic hydroxyl groups is 2. The Morgan fingerprint density at radius 2 is 1.57 bits per heavy atom. The Morgan fingerprint density at radius 1 is 1.04 bits per heavy atom. The van der Waals surface area contributed by atoms with Gasteiger partial charge in [-0.2, -0.15) is 0 Å². The second-order valence-corrected chi connectivity index (χ2v) is 6.32. The van der Waals surface area contributed by atoms with Crippen LogP contribution in [0.2, 0.25) is 10.0 Å². The van der Waals surface area contributed by atoms with E-state index in [1.54, 1.807) is 6.92 Å². The molecule has 2 N–H and O–H groups in total. The Labute approximate surface area is 151 Å². The monoisotopic (exact) mass is 422 g/mol. The third kappa shape index (κ3) is 2.95. The Hall–Kier alpha value is -1.24. The van der Waals surface area contributed by atoms with Crippen LogP contribution in [0.15, 0.2) is 11.3 Å². The molecule has 1 aliphatic carbocycles. The Kier molecular flexibility index (Phi) is 5.60. The van der Waals surface area contributed by atoms with Gasteiger partial charge in [-0.1, -0.05) is 39.1 Å². The fourth-order valence-corrected chi connectivity index (χ4v) is 3.03. The lowest BCUT2D eigenvalue weighted by Crippen LogP contribution is -2.24. The van der Waals surface area contributed by atoms with Crippen LogP contribution in [0.4, 0.5) is 0 Å². The van der Waals surface area contributed by atoms with Crippen LogP contribution in [0.3, 0.4) is 0 Å². The summed E-state index contributed by atoms with van der Waals surface area (Å²) >= 11 is 14.9. The van der Waals surface area contributed by atoms with E-state index in [-0.39, 0.29) is 45.5 Å². The molecule has 0 spiro atoms. The number of alkyl halides is 1. The molecule has 23 heavy (non-hydrogen) atoms. The van der Waals surface area contributed by atoms with Gasteiger partial charge in [0.1, 0.15) is 21.5 Å². The van der Waals surface area contributed by atoms with Crippen molar-refractivity contribution < 1.29 is 24.5 Å². The number of hydrogen-bond acceptors (Lipinski definition) is 5. The van der Waals surface area contributed by atoms with E-state index in [9.17, 15) is 19.8 Å². The normalized spacial score (nSPS) is 14.3. The summed E-state index contributed by atoms with van der Waals surface area (Å²) in [5.74, 6) is -2.68. The van der Waals surface area contributed by atoms with Crippen molar-refractivity contribution in [3.05, 3.63) is 32.5 Å². The van der Waals surface area contributed by atoms with Crippen LogP contribution >= 0.6 is 39.1 Å². The molecule has 8 heteroatoms. The fraction of sp³-hybridized carbons (Fsp3) is 0.333. The fourth-order valence-electron chi connectivity index (χ4n) is 2.38. The van der Waals surface area contributed by atoms with Gasteiger partial charge in [-0.05, 0) is 19.8 Å². The molecule has 0 aliphatic heterocycles. The molecule has 5 nitrogen and oxygen atoms in total. The highest BCUT2D eigenvalue weighted by Gasteiger charge is 2.39. The molecule has 0 bridgehead atoms. The number of Topliss-reactive ketones (excluding diaryl/α,β-unsaturated/α-hetero) is 2. The lowest BCUT2D eigenvalue weighted by Gasteiger charge is -2.23. The predicted molar refractivity (Wildman–Crippen MR) is 90.1 cm³/mol. The lowest BCUT2D eigenvalue weighted by molar-refractivity contribution is 0.0872. The summed E-state index contributed by atoms with van der Waals surface area (Å²) in [6.45, 7) is 1.85. The van der Waals surface area contributed by atoms with Crippen LogP contribution in [0.1, 0.15) is 40.5 Å². The zero-order chi connectivity index (χ0) is 17.3. The molecule has 2 rings (SSSR count). The predicted octanol–water partition coefficient (Wildman–Crippen LogP) is 4.25. The van der Waals surface area contributed by atoms with Gasteiger partial charge in [-0.15, -0.1) is 0 Å². The molecule has 0 fully saturated rings. The van der Waals surface area contributed by atoms with Crippen LogP contribution in [0, 0.1) is 0 Å². The average Bonchev–Trinajstić information content (AvgIpc) is 2.53. The quantitative estimate of drug-likeness (QED) is 0.546. The highest BCUT2D eigenvalue weighted by Crippen LogP contribution is 2.47. The molecular formula is C15H13BrCl2O5. The van der Waals surface area contributed by atoms with Gasteiger partial charge in [0, 0.05) is 10.9 Å². The lowest BCUT2D eigenvalue weighted by atomic mass is 9.85. The van der Waals surface area contributed by atoms with E-state index in [1.165, 1.54) is 0 Å². The topological polar surface area (TPSA) is 83.8 Å². The van der Waals surface area contributed by atoms with E-state index >= 15 is 0 Å². The number of phenols is 2. The molecule has 0 saturated carbocycles. The third-order valence-electron chi connectivity index (χ3n) is 3.39. The van der Waals surface area contributed by atoms with Crippen molar-refractivity contribution in [2.75, 3.05) is 11.9 Å². The first kappa shape index (κ1) is 18.1. The molecule has 0 atom stereocenters.